The molecule has 17 heavy (non-hydrogen) atoms. The van der Waals surface area contributed by atoms with E-state index in [1.807, 2.05) is 6.20 Å². The molecule has 1 aromatic rings. The van der Waals surface area contributed by atoms with Crippen molar-refractivity contribution in [2.75, 3.05) is 20.2 Å². The summed E-state index contributed by atoms with van der Waals surface area (Å²) in [5.74, 6) is 0.628. The Balaban J connectivity index is 2.00. The van der Waals surface area contributed by atoms with E-state index in [-0.39, 0.29) is 5.97 Å². The van der Waals surface area contributed by atoms with Gasteiger partial charge in [-0.15, -0.1) is 0 Å². The maximum Gasteiger partial charge on any atom is 0.326 e. The molecule has 6 heteroatoms. The summed E-state index contributed by atoms with van der Waals surface area (Å²) < 4.78 is 6.81. The molecule has 2 N–H and O–H groups in total. The number of nitrogens with two attached hydrogens (primary N) is 1. The average Bonchev–Trinajstić information content (AvgIpc) is 2.74. The van der Waals surface area contributed by atoms with Gasteiger partial charge in [0.05, 0.1) is 13.7 Å². The number of methoxy groups -OCH3 is 1. The molecular formula is C11H18N4O2. The van der Waals surface area contributed by atoms with Crippen molar-refractivity contribution in [2.45, 2.75) is 25.6 Å². The lowest BCUT2D eigenvalue weighted by Crippen LogP contribution is -2.55. The highest BCUT2D eigenvalue weighted by Gasteiger charge is 2.33. The van der Waals surface area contributed by atoms with E-state index in [1.54, 1.807) is 13.1 Å². The lowest BCUT2D eigenvalue weighted by atomic mass is 10.0. The largest absolute Gasteiger partial charge is 0.468 e. The first-order chi connectivity index (χ1) is 8.03. The van der Waals surface area contributed by atoms with Crippen molar-refractivity contribution < 1.29 is 9.53 Å². The number of hydrogen-bond donors (Lipinski definition) is 1. The number of fused-ring (bicyclic) bond motifs is 1. The van der Waals surface area contributed by atoms with Gasteiger partial charge in [-0.2, -0.15) is 0 Å². The van der Waals surface area contributed by atoms with Crippen molar-refractivity contribution in [3.8, 4) is 0 Å². The molecule has 0 fully saturated rings. The first kappa shape index (κ1) is 12.1. The van der Waals surface area contributed by atoms with Crippen LogP contribution in [0.1, 0.15) is 12.7 Å². The van der Waals surface area contributed by atoms with Gasteiger partial charge in [0, 0.05) is 32.0 Å². The fraction of sp³-hybridized carbons (Fsp3) is 0.636. The SMILES string of the molecule is COC(=O)C(C)(N)CN1CCn2ccnc2C1. The van der Waals surface area contributed by atoms with E-state index in [0.717, 1.165) is 25.5 Å². The van der Waals surface area contributed by atoms with Gasteiger partial charge < -0.3 is 15.0 Å². The van der Waals surface area contributed by atoms with Crippen LogP contribution in [0.2, 0.25) is 0 Å². The molecule has 0 spiro atoms. The third kappa shape index (κ3) is 2.48. The lowest BCUT2D eigenvalue weighted by Gasteiger charge is -2.33. The Morgan fingerprint density at radius 3 is 3.12 bits per heavy atom. The minimum absolute atomic E-state index is 0.383. The summed E-state index contributed by atoms with van der Waals surface area (Å²) in [6, 6.07) is 0. The third-order valence-corrected chi connectivity index (χ3v) is 3.03. The van der Waals surface area contributed by atoms with Crippen molar-refractivity contribution in [2.24, 2.45) is 5.73 Å². The van der Waals surface area contributed by atoms with Crippen molar-refractivity contribution in [1.82, 2.24) is 14.5 Å². The van der Waals surface area contributed by atoms with E-state index < -0.39 is 5.54 Å². The maximum absolute atomic E-state index is 11.5. The molecule has 2 heterocycles. The number of carbonyl (C=O) groups is 1. The minimum Gasteiger partial charge on any atom is -0.468 e. The van der Waals surface area contributed by atoms with Gasteiger partial charge in [0.1, 0.15) is 11.4 Å². The van der Waals surface area contributed by atoms with Crippen LogP contribution in [0, 0.1) is 0 Å². The predicted octanol–water partition coefficient (Wildman–Crippen LogP) is -0.411. The molecule has 94 valence electrons. The highest BCUT2D eigenvalue weighted by Crippen LogP contribution is 2.13. The van der Waals surface area contributed by atoms with Crippen LogP contribution in [0.25, 0.3) is 0 Å². The predicted molar refractivity (Wildman–Crippen MR) is 62.1 cm³/mol. The Morgan fingerprint density at radius 2 is 2.41 bits per heavy atom. The second-order valence-electron chi connectivity index (χ2n) is 4.66. The van der Waals surface area contributed by atoms with E-state index in [1.165, 1.54) is 7.11 Å². The quantitative estimate of drug-likeness (QED) is 0.725. The van der Waals surface area contributed by atoms with E-state index in [2.05, 4.69) is 14.5 Å². The number of esters is 1. The number of imidazole rings is 1. The van der Waals surface area contributed by atoms with E-state index in [9.17, 15) is 4.79 Å². The normalized spacial score (nSPS) is 19.5. The van der Waals surface area contributed by atoms with Crippen LogP contribution in [0.4, 0.5) is 0 Å². The fourth-order valence-electron chi connectivity index (χ4n) is 2.12. The molecule has 1 aromatic heterocycles. The van der Waals surface area contributed by atoms with Crippen LogP contribution in [-0.4, -0.2) is 46.2 Å². The molecule has 0 bridgehead atoms. The zero-order chi connectivity index (χ0) is 12.5. The van der Waals surface area contributed by atoms with Gasteiger partial charge in [0.15, 0.2) is 0 Å². The van der Waals surface area contributed by atoms with Crippen LogP contribution < -0.4 is 5.73 Å². The summed E-state index contributed by atoms with van der Waals surface area (Å²) in [5, 5.41) is 0. The molecule has 1 aliphatic heterocycles. The van der Waals surface area contributed by atoms with Crippen LogP contribution >= 0.6 is 0 Å². The standard InChI is InChI=1S/C11H18N4O2/c1-11(12,10(16)17-2)8-14-5-6-15-4-3-13-9(15)7-14/h3-4H,5-8,12H2,1-2H3. The van der Waals surface area contributed by atoms with Crippen molar-refractivity contribution in [3.63, 3.8) is 0 Å². The molecule has 1 unspecified atom stereocenters. The van der Waals surface area contributed by atoms with Crippen LogP contribution in [-0.2, 0) is 22.6 Å². The van der Waals surface area contributed by atoms with Gasteiger partial charge >= 0.3 is 5.97 Å². The van der Waals surface area contributed by atoms with Gasteiger partial charge in [0.25, 0.3) is 0 Å². The zero-order valence-corrected chi connectivity index (χ0v) is 10.2. The number of carbonyl (C=O) groups excluding carboxylic acids is 1. The number of aromatic nitrogens is 2. The smallest absolute Gasteiger partial charge is 0.326 e. The summed E-state index contributed by atoms with van der Waals surface area (Å²) in [5.41, 5.74) is 4.98. The lowest BCUT2D eigenvalue weighted by molar-refractivity contribution is -0.147. The van der Waals surface area contributed by atoms with Crippen molar-refractivity contribution >= 4 is 5.97 Å². The summed E-state index contributed by atoms with van der Waals surface area (Å²) in [7, 11) is 1.36. The first-order valence-electron chi connectivity index (χ1n) is 5.62. The summed E-state index contributed by atoms with van der Waals surface area (Å²) in [6.07, 6.45) is 3.76. The number of ether oxygens (including phenoxy) is 1. The Labute approximate surface area is 100 Å². The molecule has 6 nitrogen and oxygen atoms in total. The van der Waals surface area contributed by atoms with E-state index in [4.69, 9.17) is 10.5 Å². The molecule has 2 rings (SSSR count). The highest BCUT2D eigenvalue weighted by atomic mass is 16.5. The number of rotatable bonds is 3. The molecule has 0 radical (unpaired) electrons. The van der Waals surface area contributed by atoms with Crippen molar-refractivity contribution in [3.05, 3.63) is 18.2 Å². The first-order valence-corrected chi connectivity index (χ1v) is 5.62. The van der Waals surface area contributed by atoms with Gasteiger partial charge in [0.2, 0.25) is 0 Å². The van der Waals surface area contributed by atoms with Gasteiger partial charge in [-0.25, -0.2) is 4.98 Å². The van der Waals surface area contributed by atoms with Crippen molar-refractivity contribution in [1.29, 1.82) is 0 Å². The molecule has 1 aliphatic rings. The second kappa shape index (κ2) is 4.46. The maximum atomic E-state index is 11.5. The topological polar surface area (TPSA) is 73.4 Å². The second-order valence-corrected chi connectivity index (χ2v) is 4.66. The Morgan fingerprint density at radius 1 is 1.65 bits per heavy atom. The van der Waals surface area contributed by atoms with E-state index in [0.29, 0.717) is 6.54 Å². The molecule has 1 atom stereocenters. The average molecular weight is 238 g/mol. The molecule has 0 aliphatic carbocycles. The summed E-state index contributed by atoms with van der Waals surface area (Å²) in [4.78, 5) is 17.9. The molecule has 0 aromatic carbocycles. The van der Waals surface area contributed by atoms with Gasteiger partial charge in [-0.05, 0) is 6.92 Å². The highest BCUT2D eigenvalue weighted by molar-refractivity contribution is 5.80. The van der Waals surface area contributed by atoms with Gasteiger partial charge in [-0.1, -0.05) is 0 Å². The summed E-state index contributed by atoms with van der Waals surface area (Å²) in [6.45, 7) is 4.64. The molecule has 0 saturated heterocycles. The zero-order valence-electron chi connectivity index (χ0n) is 10.2. The number of hydrogen-bond acceptors (Lipinski definition) is 5. The van der Waals surface area contributed by atoms with Crippen LogP contribution in [0.15, 0.2) is 12.4 Å². The van der Waals surface area contributed by atoms with Crippen LogP contribution in [0.5, 0.6) is 0 Å². The Hall–Kier alpha value is -1.40. The molecular weight excluding hydrogens is 220 g/mol. The molecule has 0 saturated carbocycles. The molecule has 0 amide bonds. The third-order valence-electron chi connectivity index (χ3n) is 3.03. The fourth-order valence-corrected chi connectivity index (χ4v) is 2.12. The van der Waals surface area contributed by atoms with E-state index >= 15 is 0 Å². The minimum atomic E-state index is -0.969. The Bertz CT molecular complexity index is 413. The monoisotopic (exact) mass is 238 g/mol. The summed E-state index contributed by atoms with van der Waals surface area (Å²) >= 11 is 0. The Kier molecular flexibility index (Phi) is 3.17. The van der Waals surface area contributed by atoms with Gasteiger partial charge in [-0.3, -0.25) is 9.69 Å². The number of nitrogens with zero attached hydrogens (tertiary/aromatic N) is 3. The van der Waals surface area contributed by atoms with Crippen LogP contribution in [0.3, 0.4) is 0 Å².